The minimum absolute atomic E-state index is 0.271. The maximum atomic E-state index is 10.5. The summed E-state index contributed by atoms with van der Waals surface area (Å²) in [5.41, 5.74) is 0. The molecule has 2 heteroatoms. The van der Waals surface area contributed by atoms with Gasteiger partial charge in [-0.1, -0.05) is 6.92 Å². The fourth-order valence-corrected chi connectivity index (χ4v) is 1.08. The van der Waals surface area contributed by atoms with Crippen LogP contribution in [0.25, 0.3) is 0 Å². The second-order valence-corrected chi connectivity index (χ2v) is 3.69. The van der Waals surface area contributed by atoms with Crippen LogP contribution < -0.4 is 0 Å². The van der Waals surface area contributed by atoms with Gasteiger partial charge in [0.05, 0.1) is 0 Å². The van der Waals surface area contributed by atoms with Crippen LogP contribution in [0.4, 0.5) is 0 Å². The van der Waals surface area contributed by atoms with E-state index in [9.17, 15) is 4.79 Å². The average Bonchev–Trinajstić information content (AvgIpc) is 2.05. The number of carbonyl (C=O) groups excluding carboxylic acids is 1. The Kier molecular flexibility index (Phi) is 5.99. The molecule has 0 saturated heterocycles. The molecular weight excluding hydrogens is 150 g/mol. The number of carbonyl (C=O) groups is 1. The molecule has 2 nitrogen and oxygen atoms in total. The molecule has 0 aromatic carbocycles. The van der Waals surface area contributed by atoms with Gasteiger partial charge >= 0.3 is 0 Å². The van der Waals surface area contributed by atoms with Crippen LogP contribution in [-0.4, -0.2) is 31.3 Å². The predicted molar refractivity (Wildman–Crippen MR) is 52.2 cm³/mol. The van der Waals surface area contributed by atoms with Crippen molar-refractivity contribution >= 4 is 6.29 Å². The summed E-state index contributed by atoms with van der Waals surface area (Å²) in [6, 6.07) is 0.582. The second-order valence-electron chi connectivity index (χ2n) is 3.69. The van der Waals surface area contributed by atoms with Gasteiger partial charge in [-0.15, -0.1) is 0 Å². The fourth-order valence-electron chi connectivity index (χ4n) is 1.08. The van der Waals surface area contributed by atoms with E-state index in [1.165, 1.54) is 0 Å². The van der Waals surface area contributed by atoms with Gasteiger partial charge in [0.15, 0.2) is 0 Å². The van der Waals surface area contributed by atoms with Crippen LogP contribution in [0.5, 0.6) is 0 Å². The van der Waals surface area contributed by atoms with Crippen molar-refractivity contribution in [2.45, 2.75) is 39.2 Å². The van der Waals surface area contributed by atoms with E-state index in [0.717, 1.165) is 25.5 Å². The molecule has 0 spiro atoms. The van der Waals surface area contributed by atoms with E-state index in [2.05, 4.69) is 32.8 Å². The van der Waals surface area contributed by atoms with Crippen LogP contribution in [0, 0.1) is 5.92 Å². The minimum atomic E-state index is 0.271. The van der Waals surface area contributed by atoms with E-state index in [0.29, 0.717) is 6.04 Å². The summed E-state index contributed by atoms with van der Waals surface area (Å²) in [7, 11) is 4.15. The van der Waals surface area contributed by atoms with Crippen LogP contribution in [0.2, 0.25) is 0 Å². The Morgan fingerprint density at radius 1 is 1.33 bits per heavy atom. The van der Waals surface area contributed by atoms with Crippen LogP contribution in [0.1, 0.15) is 33.1 Å². The lowest BCUT2D eigenvalue weighted by Crippen LogP contribution is -2.25. The van der Waals surface area contributed by atoms with Gasteiger partial charge in [0.2, 0.25) is 0 Å². The van der Waals surface area contributed by atoms with Crippen molar-refractivity contribution in [3.63, 3.8) is 0 Å². The quantitative estimate of drug-likeness (QED) is 0.569. The highest BCUT2D eigenvalue weighted by Crippen LogP contribution is 2.11. The van der Waals surface area contributed by atoms with Gasteiger partial charge in [0.25, 0.3) is 0 Å². The molecule has 0 aromatic heterocycles. The first kappa shape index (κ1) is 11.6. The van der Waals surface area contributed by atoms with Gasteiger partial charge in [0.1, 0.15) is 6.29 Å². The standard InChI is InChI=1S/C10H21NO/c1-5-10(8-12)7-6-9(2)11(3)4/h8-10H,5-7H2,1-4H3/t9-,10-/m1/s1. The van der Waals surface area contributed by atoms with Gasteiger partial charge < -0.3 is 9.69 Å². The molecule has 0 radical (unpaired) electrons. The minimum Gasteiger partial charge on any atom is -0.307 e. The lowest BCUT2D eigenvalue weighted by Gasteiger charge is -2.20. The van der Waals surface area contributed by atoms with Crippen LogP contribution in [0.15, 0.2) is 0 Å². The van der Waals surface area contributed by atoms with E-state index in [1.54, 1.807) is 0 Å². The second kappa shape index (κ2) is 6.18. The zero-order valence-corrected chi connectivity index (χ0v) is 8.71. The van der Waals surface area contributed by atoms with Gasteiger partial charge in [-0.3, -0.25) is 0 Å². The summed E-state index contributed by atoms with van der Waals surface area (Å²) in [4.78, 5) is 12.7. The lowest BCUT2D eigenvalue weighted by molar-refractivity contribution is -0.111. The summed E-state index contributed by atoms with van der Waals surface area (Å²) in [6.07, 6.45) is 4.20. The molecule has 0 amide bonds. The third-order valence-corrected chi connectivity index (χ3v) is 2.55. The molecule has 0 aliphatic rings. The molecule has 72 valence electrons. The third kappa shape index (κ3) is 4.50. The smallest absolute Gasteiger partial charge is 0.123 e. The number of hydrogen-bond donors (Lipinski definition) is 0. The molecule has 12 heavy (non-hydrogen) atoms. The first-order valence-corrected chi connectivity index (χ1v) is 4.73. The first-order chi connectivity index (χ1) is 5.61. The van der Waals surface area contributed by atoms with Crippen molar-refractivity contribution in [3.8, 4) is 0 Å². The van der Waals surface area contributed by atoms with E-state index < -0.39 is 0 Å². The molecule has 0 N–H and O–H groups in total. The molecule has 0 fully saturated rings. The number of hydrogen-bond acceptors (Lipinski definition) is 2. The Morgan fingerprint density at radius 3 is 2.25 bits per heavy atom. The summed E-state index contributed by atoms with van der Waals surface area (Å²) in [5, 5.41) is 0. The van der Waals surface area contributed by atoms with Crippen molar-refractivity contribution in [3.05, 3.63) is 0 Å². The number of rotatable bonds is 6. The van der Waals surface area contributed by atoms with Crippen molar-refractivity contribution in [1.82, 2.24) is 4.90 Å². The van der Waals surface area contributed by atoms with Gasteiger partial charge in [-0.2, -0.15) is 0 Å². The Balaban J connectivity index is 3.58. The highest BCUT2D eigenvalue weighted by Gasteiger charge is 2.08. The van der Waals surface area contributed by atoms with E-state index in [1.807, 2.05) is 0 Å². The van der Waals surface area contributed by atoms with Crippen LogP contribution in [-0.2, 0) is 4.79 Å². The zero-order valence-electron chi connectivity index (χ0n) is 8.71. The predicted octanol–water partition coefficient (Wildman–Crippen LogP) is 1.94. The monoisotopic (exact) mass is 171 g/mol. The summed E-state index contributed by atoms with van der Waals surface area (Å²) < 4.78 is 0. The van der Waals surface area contributed by atoms with Crippen molar-refractivity contribution in [1.29, 1.82) is 0 Å². The SMILES string of the molecule is CC[C@@H](C=O)CC[C@@H](C)N(C)C. The summed E-state index contributed by atoms with van der Waals surface area (Å²) in [5.74, 6) is 0.271. The molecule has 0 saturated carbocycles. The van der Waals surface area contributed by atoms with E-state index in [-0.39, 0.29) is 5.92 Å². The molecule has 2 atom stereocenters. The summed E-state index contributed by atoms with van der Waals surface area (Å²) >= 11 is 0. The maximum Gasteiger partial charge on any atom is 0.123 e. The molecule has 0 bridgehead atoms. The Morgan fingerprint density at radius 2 is 1.92 bits per heavy atom. The molecular formula is C10H21NO. The zero-order chi connectivity index (χ0) is 9.56. The largest absolute Gasteiger partial charge is 0.307 e. The highest BCUT2D eigenvalue weighted by molar-refractivity contribution is 5.53. The van der Waals surface area contributed by atoms with E-state index >= 15 is 0 Å². The molecule has 0 rings (SSSR count). The summed E-state index contributed by atoms with van der Waals surface area (Å²) in [6.45, 7) is 4.26. The van der Waals surface area contributed by atoms with Crippen molar-refractivity contribution in [2.24, 2.45) is 5.92 Å². The molecule has 0 aliphatic carbocycles. The third-order valence-electron chi connectivity index (χ3n) is 2.55. The normalized spacial score (nSPS) is 16.1. The lowest BCUT2D eigenvalue weighted by atomic mass is 9.99. The Labute approximate surface area is 75.9 Å². The van der Waals surface area contributed by atoms with Gasteiger partial charge in [-0.05, 0) is 40.3 Å². The fraction of sp³-hybridized carbons (Fsp3) is 0.900. The van der Waals surface area contributed by atoms with Crippen molar-refractivity contribution < 1.29 is 4.79 Å². The topological polar surface area (TPSA) is 20.3 Å². The maximum absolute atomic E-state index is 10.5. The molecule has 0 heterocycles. The Bertz CT molecular complexity index is 123. The van der Waals surface area contributed by atoms with Gasteiger partial charge in [-0.25, -0.2) is 0 Å². The average molecular weight is 171 g/mol. The van der Waals surface area contributed by atoms with Crippen LogP contribution >= 0.6 is 0 Å². The molecule has 0 aliphatic heterocycles. The first-order valence-electron chi connectivity index (χ1n) is 4.73. The Hall–Kier alpha value is -0.370. The molecule has 0 aromatic rings. The van der Waals surface area contributed by atoms with Gasteiger partial charge in [0, 0.05) is 12.0 Å². The highest BCUT2D eigenvalue weighted by atomic mass is 16.1. The number of aldehydes is 1. The number of nitrogens with zero attached hydrogens (tertiary/aromatic N) is 1. The van der Waals surface area contributed by atoms with Crippen molar-refractivity contribution in [2.75, 3.05) is 14.1 Å². The van der Waals surface area contributed by atoms with Crippen LogP contribution in [0.3, 0.4) is 0 Å². The molecule has 0 unspecified atom stereocenters. The van der Waals surface area contributed by atoms with E-state index in [4.69, 9.17) is 0 Å².